The number of pyridine rings is 2. The smallest absolute Gasteiger partial charge is 0.251 e. The molecule has 3 rings (SSSR count). The summed E-state index contributed by atoms with van der Waals surface area (Å²) < 4.78 is 3.40. The Morgan fingerprint density at radius 1 is 1.27 bits per heavy atom. The van der Waals surface area contributed by atoms with Crippen molar-refractivity contribution < 1.29 is 4.79 Å². The molecule has 0 fully saturated rings. The highest BCUT2D eigenvalue weighted by Gasteiger charge is 2.13. The first-order valence-electron chi connectivity index (χ1n) is 8.51. The van der Waals surface area contributed by atoms with Gasteiger partial charge in [0.25, 0.3) is 11.5 Å². The van der Waals surface area contributed by atoms with Crippen molar-refractivity contribution in [1.29, 1.82) is 0 Å². The normalized spacial score (nSPS) is 12.5. The lowest BCUT2D eigenvalue weighted by atomic mass is 10.2. The summed E-state index contributed by atoms with van der Waals surface area (Å²) in [6.07, 6.45) is 7.13. The number of nitrogens with one attached hydrogen (secondary N) is 1. The SMILES string of the molecule is CC(CNC(=O)c1ccn2ccnc2c1)N(C)Cc1ccn(C)c(=O)c1. The fourth-order valence-corrected chi connectivity index (χ4v) is 2.68. The molecular weight excluding hydrogens is 330 g/mol. The zero-order valence-corrected chi connectivity index (χ0v) is 15.2. The van der Waals surface area contributed by atoms with Crippen LogP contribution in [0.5, 0.6) is 0 Å². The molecule has 1 unspecified atom stereocenters. The van der Waals surface area contributed by atoms with Crippen molar-refractivity contribution in [3.05, 3.63) is 70.5 Å². The zero-order chi connectivity index (χ0) is 18.7. The predicted molar refractivity (Wildman–Crippen MR) is 100 cm³/mol. The van der Waals surface area contributed by atoms with Gasteiger partial charge in [0.15, 0.2) is 0 Å². The maximum atomic E-state index is 12.4. The lowest BCUT2D eigenvalue weighted by molar-refractivity contribution is 0.0940. The van der Waals surface area contributed by atoms with E-state index in [4.69, 9.17) is 0 Å². The minimum atomic E-state index is -0.121. The Hall–Kier alpha value is -2.93. The number of carbonyl (C=O) groups excluding carboxylic acids is 1. The van der Waals surface area contributed by atoms with E-state index in [1.54, 1.807) is 42.2 Å². The number of rotatable bonds is 6. The Morgan fingerprint density at radius 3 is 2.85 bits per heavy atom. The second kappa shape index (κ2) is 7.53. The minimum Gasteiger partial charge on any atom is -0.350 e. The first-order valence-corrected chi connectivity index (χ1v) is 8.51. The van der Waals surface area contributed by atoms with Crippen LogP contribution in [0, 0.1) is 0 Å². The van der Waals surface area contributed by atoms with E-state index in [1.807, 2.05) is 36.8 Å². The molecule has 0 bridgehead atoms. The first-order chi connectivity index (χ1) is 12.4. The first kappa shape index (κ1) is 17.9. The lowest BCUT2D eigenvalue weighted by Gasteiger charge is -2.25. The van der Waals surface area contributed by atoms with Crippen molar-refractivity contribution in [2.75, 3.05) is 13.6 Å². The van der Waals surface area contributed by atoms with E-state index in [0.29, 0.717) is 18.7 Å². The largest absolute Gasteiger partial charge is 0.350 e. The van der Waals surface area contributed by atoms with Crippen LogP contribution in [0.15, 0.2) is 53.8 Å². The molecule has 0 aliphatic rings. The highest BCUT2D eigenvalue weighted by molar-refractivity contribution is 5.95. The summed E-state index contributed by atoms with van der Waals surface area (Å²) in [5.41, 5.74) is 2.27. The van der Waals surface area contributed by atoms with Crippen LogP contribution in [-0.2, 0) is 13.6 Å². The third-order valence-corrected chi connectivity index (χ3v) is 4.57. The summed E-state index contributed by atoms with van der Waals surface area (Å²) in [5, 5.41) is 2.96. The molecule has 0 saturated carbocycles. The Labute approximate surface area is 151 Å². The number of hydrogen-bond donors (Lipinski definition) is 1. The maximum absolute atomic E-state index is 12.4. The van der Waals surface area contributed by atoms with Crippen molar-refractivity contribution in [2.45, 2.75) is 19.5 Å². The molecule has 136 valence electrons. The molecule has 0 aliphatic heterocycles. The fraction of sp³-hybridized carbons (Fsp3) is 0.316. The van der Waals surface area contributed by atoms with Gasteiger partial charge in [-0.25, -0.2) is 4.98 Å². The Kier molecular flexibility index (Phi) is 5.18. The summed E-state index contributed by atoms with van der Waals surface area (Å²) in [6, 6.07) is 7.24. The van der Waals surface area contributed by atoms with E-state index in [-0.39, 0.29) is 17.5 Å². The molecule has 3 aromatic heterocycles. The molecule has 3 aromatic rings. The second-order valence-electron chi connectivity index (χ2n) is 6.57. The number of nitrogens with zero attached hydrogens (tertiary/aromatic N) is 4. The second-order valence-corrected chi connectivity index (χ2v) is 6.57. The molecule has 0 saturated heterocycles. The van der Waals surface area contributed by atoms with Crippen LogP contribution >= 0.6 is 0 Å². The Morgan fingerprint density at radius 2 is 2.08 bits per heavy atom. The molecule has 26 heavy (non-hydrogen) atoms. The van der Waals surface area contributed by atoms with Gasteiger partial charge in [0, 0.05) is 62.6 Å². The third-order valence-electron chi connectivity index (χ3n) is 4.57. The van der Waals surface area contributed by atoms with Crippen LogP contribution in [-0.4, -0.2) is 44.4 Å². The number of amides is 1. The predicted octanol–water partition coefficient (Wildman–Crippen LogP) is 1.28. The lowest BCUT2D eigenvalue weighted by Crippen LogP contribution is -2.40. The summed E-state index contributed by atoms with van der Waals surface area (Å²) in [6.45, 7) is 3.20. The van der Waals surface area contributed by atoms with Crippen LogP contribution < -0.4 is 10.9 Å². The number of imidazole rings is 1. The van der Waals surface area contributed by atoms with Crippen molar-refractivity contribution >= 4 is 11.6 Å². The van der Waals surface area contributed by atoms with Gasteiger partial charge in [0.05, 0.1) is 0 Å². The van der Waals surface area contributed by atoms with E-state index in [1.165, 1.54) is 0 Å². The van der Waals surface area contributed by atoms with E-state index in [9.17, 15) is 9.59 Å². The summed E-state index contributed by atoms with van der Waals surface area (Å²) >= 11 is 0. The van der Waals surface area contributed by atoms with Crippen molar-refractivity contribution in [3.63, 3.8) is 0 Å². The van der Waals surface area contributed by atoms with Crippen LogP contribution in [0.2, 0.25) is 0 Å². The molecule has 0 aromatic carbocycles. The average molecular weight is 353 g/mol. The van der Waals surface area contributed by atoms with Gasteiger partial charge >= 0.3 is 0 Å². The van der Waals surface area contributed by atoms with Gasteiger partial charge in [-0.05, 0) is 37.7 Å². The van der Waals surface area contributed by atoms with E-state index in [0.717, 1.165) is 11.2 Å². The minimum absolute atomic E-state index is 0.0220. The Bertz CT molecular complexity index is 975. The van der Waals surface area contributed by atoms with Crippen molar-refractivity contribution in [2.24, 2.45) is 7.05 Å². The van der Waals surface area contributed by atoms with Gasteiger partial charge in [0.1, 0.15) is 5.65 Å². The molecule has 7 heteroatoms. The number of fused-ring (bicyclic) bond motifs is 1. The standard InChI is InChI=1S/C19H23N5O2/c1-14(23(3)13-15-4-7-22(2)18(25)10-15)12-21-19(26)16-5-8-24-9-6-20-17(24)11-16/h4-11,14H,12-13H2,1-3H3,(H,21,26). The number of carbonyl (C=O) groups is 1. The average Bonchev–Trinajstić information content (AvgIpc) is 3.10. The van der Waals surface area contributed by atoms with Gasteiger partial charge in [-0.2, -0.15) is 0 Å². The van der Waals surface area contributed by atoms with E-state index < -0.39 is 0 Å². The quantitative estimate of drug-likeness (QED) is 0.725. The van der Waals surface area contributed by atoms with Gasteiger partial charge in [-0.3, -0.25) is 14.5 Å². The molecule has 7 nitrogen and oxygen atoms in total. The summed E-state index contributed by atoms with van der Waals surface area (Å²) in [4.78, 5) is 30.4. The Balaban J connectivity index is 1.56. The van der Waals surface area contributed by atoms with Gasteiger partial charge < -0.3 is 14.3 Å². The van der Waals surface area contributed by atoms with Crippen LogP contribution in [0.1, 0.15) is 22.8 Å². The zero-order valence-electron chi connectivity index (χ0n) is 15.2. The van der Waals surface area contributed by atoms with Gasteiger partial charge in [0.2, 0.25) is 0 Å². The maximum Gasteiger partial charge on any atom is 0.251 e. The summed E-state index contributed by atoms with van der Waals surface area (Å²) in [7, 11) is 3.71. The number of aryl methyl sites for hydroxylation is 1. The fourth-order valence-electron chi connectivity index (χ4n) is 2.68. The highest BCUT2D eigenvalue weighted by atomic mass is 16.1. The van der Waals surface area contributed by atoms with E-state index in [2.05, 4.69) is 15.2 Å². The molecular formula is C19H23N5O2. The topological polar surface area (TPSA) is 71.6 Å². The number of aromatic nitrogens is 3. The molecule has 3 heterocycles. The molecule has 1 atom stereocenters. The number of hydrogen-bond acceptors (Lipinski definition) is 4. The molecule has 0 radical (unpaired) electrons. The van der Waals surface area contributed by atoms with E-state index >= 15 is 0 Å². The number of likely N-dealkylation sites (N-methyl/N-ethyl adjacent to an activating group) is 1. The summed E-state index contributed by atoms with van der Waals surface area (Å²) in [5.74, 6) is -0.121. The van der Waals surface area contributed by atoms with Gasteiger partial charge in [-0.1, -0.05) is 0 Å². The molecule has 0 spiro atoms. The highest BCUT2D eigenvalue weighted by Crippen LogP contribution is 2.07. The van der Waals surface area contributed by atoms with Crippen LogP contribution in [0.3, 0.4) is 0 Å². The molecule has 1 N–H and O–H groups in total. The van der Waals surface area contributed by atoms with Crippen molar-refractivity contribution in [3.8, 4) is 0 Å². The molecule has 0 aliphatic carbocycles. The van der Waals surface area contributed by atoms with Gasteiger partial charge in [-0.15, -0.1) is 0 Å². The third kappa shape index (κ3) is 4.00. The van der Waals surface area contributed by atoms with Crippen LogP contribution in [0.4, 0.5) is 0 Å². The molecule has 1 amide bonds. The van der Waals surface area contributed by atoms with Crippen molar-refractivity contribution in [1.82, 2.24) is 24.2 Å². The monoisotopic (exact) mass is 353 g/mol. The van der Waals surface area contributed by atoms with Crippen LogP contribution in [0.25, 0.3) is 5.65 Å².